The van der Waals surface area contributed by atoms with E-state index in [1.54, 1.807) is 0 Å². The van der Waals surface area contributed by atoms with Crippen molar-refractivity contribution < 1.29 is 19.5 Å². The molecule has 2 aromatic rings. The molecule has 1 saturated heterocycles. The highest BCUT2D eigenvalue weighted by molar-refractivity contribution is 5.71. The van der Waals surface area contributed by atoms with Crippen LogP contribution in [-0.4, -0.2) is 56.5 Å². The van der Waals surface area contributed by atoms with Crippen molar-refractivity contribution in [1.82, 2.24) is 15.0 Å². The summed E-state index contributed by atoms with van der Waals surface area (Å²) in [6.07, 6.45) is 3.31. The molecule has 0 unspecified atom stereocenters. The van der Waals surface area contributed by atoms with Gasteiger partial charge in [-0.25, -0.2) is 0 Å². The number of hydrogen-bond donors (Lipinski definition) is 2. The third-order valence-electron chi connectivity index (χ3n) is 6.04. The van der Waals surface area contributed by atoms with E-state index in [9.17, 15) is 9.90 Å². The topological polar surface area (TPSA) is 99.7 Å². The number of rotatable bonds is 6. The van der Waals surface area contributed by atoms with Crippen LogP contribution < -0.4 is 0 Å². The minimum Gasteiger partial charge on any atom is -0.481 e. The first kappa shape index (κ1) is 18.1. The Labute approximate surface area is 158 Å². The lowest BCUT2D eigenvalue weighted by Crippen LogP contribution is -2.55. The first-order valence-corrected chi connectivity index (χ1v) is 9.59. The van der Waals surface area contributed by atoms with Gasteiger partial charge in [0, 0.05) is 18.5 Å². The van der Waals surface area contributed by atoms with E-state index in [0.29, 0.717) is 31.0 Å². The van der Waals surface area contributed by atoms with E-state index in [0.717, 1.165) is 38.0 Å². The van der Waals surface area contributed by atoms with Crippen molar-refractivity contribution in [2.24, 2.45) is 11.8 Å². The summed E-state index contributed by atoms with van der Waals surface area (Å²) < 4.78 is 5.36. The van der Waals surface area contributed by atoms with Gasteiger partial charge in [-0.2, -0.15) is 4.98 Å². The summed E-state index contributed by atoms with van der Waals surface area (Å²) >= 11 is 0. The SMILES string of the molecule is O=C(O)C1CC(O)(C2CCN(CCc3nc(-c4ccccc4)no3)CC2)C1. The van der Waals surface area contributed by atoms with E-state index in [1.807, 2.05) is 30.3 Å². The van der Waals surface area contributed by atoms with E-state index in [2.05, 4.69) is 15.0 Å². The number of hydrogen-bond acceptors (Lipinski definition) is 6. The summed E-state index contributed by atoms with van der Waals surface area (Å²) in [7, 11) is 0. The van der Waals surface area contributed by atoms with E-state index in [4.69, 9.17) is 9.63 Å². The Morgan fingerprint density at radius 1 is 1.22 bits per heavy atom. The van der Waals surface area contributed by atoms with E-state index in [1.165, 1.54) is 0 Å². The van der Waals surface area contributed by atoms with Crippen LogP contribution in [0.15, 0.2) is 34.9 Å². The van der Waals surface area contributed by atoms with Gasteiger partial charge in [0.1, 0.15) is 0 Å². The van der Waals surface area contributed by atoms with Crippen molar-refractivity contribution in [1.29, 1.82) is 0 Å². The first-order valence-electron chi connectivity index (χ1n) is 9.59. The molecule has 1 aromatic carbocycles. The van der Waals surface area contributed by atoms with Crippen LogP contribution in [0.2, 0.25) is 0 Å². The lowest BCUT2D eigenvalue weighted by molar-refractivity contribution is -0.170. The fraction of sp³-hybridized carbons (Fsp3) is 0.550. The third kappa shape index (κ3) is 3.89. The smallest absolute Gasteiger partial charge is 0.306 e. The van der Waals surface area contributed by atoms with Crippen LogP contribution in [0, 0.1) is 11.8 Å². The Balaban J connectivity index is 1.24. The van der Waals surface area contributed by atoms with Gasteiger partial charge in [0.2, 0.25) is 11.7 Å². The predicted molar refractivity (Wildman–Crippen MR) is 97.9 cm³/mol. The molecule has 2 fully saturated rings. The second kappa shape index (κ2) is 7.40. The minimum absolute atomic E-state index is 0.206. The predicted octanol–water partition coefficient (Wildman–Crippen LogP) is 2.22. The van der Waals surface area contributed by atoms with Crippen LogP contribution >= 0.6 is 0 Å². The van der Waals surface area contributed by atoms with Gasteiger partial charge in [0.25, 0.3) is 0 Å². The van der Waals surface area contributed by atoms with Crippen molar-refractivity contribution >= 4 is 5.97 Å². The summed E-state index contributed by atoms with van der Waals surface area (Å²) in [5.41, 5.74) is 0.174. The fourth-order valence-corrected chi connectivity index (χ4v) is 4.31. The zero-order valence-electron chi connectivity index (χ0n) is 15.3. The summed E-state index contributed by atoms with van der Waals surface area (Å²) in [6, 6.07) is 9.77. The largest absolute Gasteiger partial charge is 0.481 e. The second-order valence-corrected chi connectivity index (χ2v) is 7.79. The van der Waals surface area contributed by atoms with E-state index < -0.39 is 11.6 Å². The van der Waals surface area contributed by atoms with E-state index in [-0.39, 0.29) is 11.8 Å². The van der Waals surface area contributed by atoms with Crippen LogP contribution in [0.4, 0.5) is 0 Å². The highest BCUT2D eigenvalue weighted by Gasteiger charge is 2.51. The number of aliphatic hydroxyl groups is 1. The molecule has 2 aliphatic rings. The maximum Gasteiger partial charge on any atom is 0.306 e. The number of likely N-dealkylation sites (tertiary alicyclic amines) is 1. The molecule has 1 aliphatic carbocycles. The van der Waals surface area contributed by atoms with Gasteiger partial charge in [-0.1, -0.05) is 35.5 Å². The van der Waals surface area contributed by atoms with Crippen LogP contribution in [0.3, 0.4) is 0 Å². The molecule has 2 N–H and O–H groups in total. The lowest BCUT2D eigenvalue weighted by Gasteiger charge is -2.49. The Morgan fingerprint density at radius 3 is 2.59 bits per heavy atom. The molecule has 2 heterocycles. The number of carboxylic acid groups (broad SMARTS) is 1. The molecular formula is C20H25N3O4. The fourth-order valence-electron chi connectivity index (χ4n) is 4.31. The van der Waals surface area contributed by atoms with Gasteiger partial charge in [-0.3, -0.25) is 4.79 Å². The highest BCUT2D eigenvalue weighted by Crippen LogP contribution is 2.46. The molecule has 0 radical (unpaired) electrons. The average molecular weight is 371 g/mol. The van der Waals surface area contributed by atoms with Crippen LogP contribution in [0.5, 0.6) is 0 Å². The number of carboxylic acids is 1. The molecule has 0 amide bonds. The van der Waals surface area contributed by atoms with Gasteiger partial charge in [0.15, 0.2) is 0 Å². The van der Waals surface area contributed by atoms with Gasteiger partial charge >= 0.3 is 5.97 Å². The zero-order valence-corrected chi connectivity index (χ0v) is 15.3. The molecule has 144 valence electrons. The Morgan fingerprint density at radius 2 is 1.93 bits per heavy atom. The number of piperidine rings is 1. The maximum atomic E-state index is 11.0. The van der Waals surface area contributed by atoms with Crippen molar-refractivity contribution in [3.05, 3.63) is 36.2 Å². The number of carbonyl (C=O) groups is 1. The molecule has 1 aromatic heterocycles. The van der Waals surface area contributed by atoms with Gasteiger partial charge in [-0.05, 0) is 44.7 Å². The van der Waals surface area contributed by atoms with E-state index >= 15 is 0 Å². The molecule has 7 nitrogen and oxygen atoms in total. The second-order valence-electron chi connectivity index (χ2n) is 7.79. The molecule has 1 saturated carbocycles. The maximum absolute atomic E-state index is 11.0. The summed E-state index contributed by atoms with van der Waals surface area (Å²) in [5.74, 6) is 0.302. The molecule has 0 bridgehead atoms. The summed E-state index contributed by atoms with van der Waals surface area (Å²) in [4.78, 5) is 17.8. The summed E-state index contributed by atoms with van der Waals surface area (Å²) in [6.45, 7) is 2.66. The average Bonchev–Trinajstić information content (AvgIpc) is 3.14. The first-order chi connectivity index (χ1) is 13.0. The summed E-state index contributed by atoms with van der Waals surface area (Å²) in [5, 5.41) is 23.7. The van der Waals surface area contributed by atoms with Crippen molar-refractivity contribution in [2.75, 3.05) is 19.6 Å². The number of nitrogens with zero attached hydrogens (tertiary/aromatic N) is 3. The van der Waals surface area contributed by atoms with Gasteiger partial charge < -0.3 is 19.6 Å². The zero-order chi connectivity index (χ0) is 18.9. The van der Waals surface area contributed by atoms with Gasteiger partial charge in [0.05, 0.1) is 11.5 Å². The van der Waals surface area contributed by atoms with Crippen LogP contribution in [0.25, 0.3) is 11.4 Å². The van der Waals surface area contributed by atoms with Crippen LogP contribution in [-0.2, 0) is 11.2 Å². The molecular weight excluding hydrogens is 346 g/mol. The third-order valence-corrected chi connectivity index (χ3v) is 6.04. The van der Waals surface area contributed by atoms with Crippen molar-refractivity contribution in [3.8, 4) is 11.4 Å². The normalized spacial score (nSPS) is 26.6. The number of benzene rings is 1. The standard InChI is InChI=1S/C20H25N3O4/c24-19(25)15-12-20(26,13-15)16-6-9-23(10-7-16)11-8-17-21-18(22-27-17)14-4-2-1-3-5-14/h1-5,15-16,26H,6-13H2,(H,24,25). The molecule has 27 heavy (non-hydrogen) atoms. The van der Waals surface area contributed by atoms with Crippen LogP contribution in [0.1, 0.15) is 31.6 Å². The Hall–Kier alpha value is -2.25. The quantitative estimate of drug-likeness (QED) is 0.803. The number of aromatic nitrogens is 2. The van der Waals surface area contributed by atoms with Crippen molar-refractivity contribution in [3.63, 3.8) is 0 Å². The highest BCUT2D eigenvalue weighted by atomic mass is 16.5. The number of aliphatic carboxylic acids is 1. The molecule has 0 atom stereocenters. The molecule has 7 heteroatoms. The monoisotopic (exact) mass is 371 g/mol. The Bertz CT molecular complexity index is 778. The lowest BCUT2D eigenvalue weighted by atomic mass is 9.62. The minimum atomic E-state index is -0.786. The Kier molecular flexibility index (Phi) is 4.97. The van der Waals surface area contributed by atoms with Crippen molar-refractivity contribution in [2.45, 2.75) is 37.7 Å². The molecule has 0 spiro atoms. The van der Waals surface area contributed by atoms with Gasteiger partial charge in [-0.15, -0.1) is 0 Å². The molecule has 1 aliphatic heterocycles. The molecule has 4 rings (SSSR count).